The number of hydrogen-bond acceptors (Lipinski definition) is 7. The standard InChI is InChI=1S/C22H16ClN9O.2H2S/c1-12-10-30(20-16-13(8-24)9-26-19(16)27-11-28-20)17(12)21-29-31-7-5-14(23)18(31)22(33)32(21)15-4-2-3-6-25-15;;/h2-7,9,11-12,17H,10H2,1H3,(H,26,27,28);2*1H2/t12-,17-;;/m0../s1. The van der Waals surface area contributed by atoms with E-state index in [0.717, 1.165) is 0 Å². The molecule has 5 aromatic heterocycles. The number of hydrogen-bond donors (Lipinski definition) is 1. The third-order valence-electron chi connectivity index (χ3n) is 6.01. The highest BCUT2D eigenvalue weighted by Gasteiger charge is 2.43. The molecule has 0 amide bonds. The Hall–Kier alpha value is -3.53. The Balaban J connectivity index is 0.00000144. The van der Waals surface area contributed by atoms with Crippen molar-refractivity contribution in [3.8, 4) is 11.9 Å². The van der Waals surface area contributed by atoms with Crippen LogP contribution in [0.4, 0.5) is 5.82 Å². The van der Waals surface area contributed by atoms with Crippen LogP contribution in [0.25, 0.3) is 22.4 Å². The molecule has 1 saturated heterocycles. The van der Waals surface area contributed by atoms with Gasteiger partial charge in [0.15, 0.2) is 5.82 Å². The number of nitrogens with zero attached hydrogens (tertiary/aromatic N) is 8. The van der Waals surface area contributed by atoms with Crippen LogP contribution >= 0.6 is 38.6 Å². The summed E-state index contributed by atoms with van der Waals surface area (Å²) in [5.74, 6) is 1.74. The van der Waals surface area contributed by atoms with Crippen LogP contribution < -0.4 is 10.5 Å². The predicted molar refractivity (Wildman–Crippen MR) is 142 cm³/mol. The number of rotatable bonds is 3. The zero-order valence-electron chi connectivity index (χ0n) is 18.3. The van der Waals surface area contributed by atoms with E-state index < -0.39 is 0 Å². The minimum Gasteiger partial charge on any atom is -0.345 e. The van der Waals surface area contributed by atoms with E-state index >= 15 is 0 Å². The average molecular weight is 526 g/mol. The maximum Gasteiger partial charge on any atom is 0.285 e. The van der Waals surface area contributed by atoms with E-state index in [1.807, 2.05) is 11.0 Å². The molecule has 0 saturated carbocycles. The fourth-order valence-electron chi connectivity index (χ4n) is 4.50. The van der Waals surface area contributed by atoms with Crippen LogP contribution in [0.1, 0.15) is 24.4 Å². The second kappa shape index (κ2) is 9.26. The van der Waals surface area contributed by atoms with Crippen LogP contribution in [0.3, 0.4) is 0 Å². The first-order chi connectivity index (χ1) is 16.1. The summed E-state index contributed by atoms with van der Waals surface area (Å²) >= 11 is 6.30. The molecule has 13 heteroatoms. The molecule has 0 unspecified atom stereocenters. The summed E-state index contributed by atoms with van der Waals surface area (Å²) in [5.41, 5.74) is 1.02. The number of nitrogens with one attached hydrogen (secondary N) is 1. The topological polar surface area (TPSA) is 121 Å². The summed E-state index contributed by atoms with van der Waals surface area (Å²) in [6.45, 7) is 2.76. The van der Waals surface area contributed by atoms with Crippen molar-refractivity contribution < 1.29 is 0 Å². The zero-order chi connectivity index (χ0) is 22.7. The van der Waals surface area contributed by atoms with Gasteiger partial charge in [0.1, 0.15) is 35.2 Å². The van der Waals surface area contributed by atoms with Crippen molar-refractivity contribution in [3.63, 3.8) is 0 Å². The van der Waals surface area contributed by atoms with E-state index in [4.69, 9.17) is 16.7 Å². The molecule has 0 bridgehead atoms. The van der Waals surface area contributed by atoms with E-state index in [2.05, 4.69) is 32.9 Å². The molecule has 0 spiro atoms. The van der Waals surface area contributed by atoms with Crippen molar-refractivity contribution in [1.82, 2.24) is 34.1 Å². The van der Waals surface area contributed by atoms with Crippen LogP contribution in [0.15, 0.2) is 54.0 Å². The molecule has 6 heterocycles. The normalized spacial score (nSPS) is 16.9. The Bertz CT molecular complexity index is 1640. The first-order valence-electron chi connectivity index (χ1n) is 10.3. The Morgan fingerprint density at radius 2 is 2.03 bits per heavy atom. The molecule has 0 aliphatic carbocycles. The van der Waals surface area contributed by atoms with Crippen LogP contribution in [-0.2, 0) is 0 Å². The van der Waals surface area contributed by atoms with Gasteiger partial charge in [-0.2, -0.15) is 37.4 Å². The number of fused-ring (bicyclic) bond motifs is 2. The molecular formula is C22H20ClN9OS2. The van der Waals surface area contributed by atoms with Crippen molar-refractivity contribution in [2.75, 3.05) is 11.4 Å². The molecule has 1 N–H and O–H groups in total. The third kappa shape index (κ3) is 3.63. The van der Waals surface area contributed by atoms with Crippen molar-refractivity contribution in [2.45, 2.75) is 13.0 Å². The Labute approximate surface area is 218 Å². The van der Waals surface area contributed by atoms with E-state index in [1.165, 1.54) is 15.4 Å². The molecule has 178 valence electrons. The van der Waals surface area contributed by atoms with Gasteiger partial charge in [0, 0.05) is 31.1 Å². The van der Waals surface area contributed by atoms with Crippen molar-refractivity contribution in [3.05, 3.63) is 75.9 Å². The van der Waals surface area contributed by atoms with Crippen LogP contribution in [0.5, 0.6) is 0 Å². The molecule has 0 radical (unpaired) electrons. The quantitative estimate of drug-likeness (QED) is 0.384. The van der Waals surface area contributed by atoms with E-state index in [0.29, 0.717) is 45.6 Å². The van der Waals surface area contributed by atoms with Gasteiger partial charge < -0.3 is 9.88 Å². The van der Waals surface area contributed by atoms with Crippen LogP contribution in [0, 0.1) is 17.2 Å². The molecule has 10 nitrogen and oxygen atoms in total. The Morgan fingerprint density at radius 3 is 2.74 bits per heavy atom. The minimum atomic E-state index is -0.306. The highest BCUT2D eigenvalue weighted by molar-refractivity contribution is 7.59. The minimum absolute atomic E-state index is 0. The fourth-order valence-corrected chi connectivity index (χ4v) is 4.73. The van der Waals surface area contributed by atoms with Gasteiger partial charge in [-0.15, -0.1) is 0 Å². The zero-order valence-corrected chi connectivity index (χ0v) is 21.1. The van der Waals surface area contributed by atoms with E-state index in [9.17, 15) is 10.1 Å². The van der Waals surface area contributed by atoms with E-state index in [1.54, 1.807) is 36.8 Å². The lowest BCUT2D eigenvalue weighted by Crippen LogP contribution is -2.51. The lowest BCUT2D eigenvalue weighted by molar-refractivity contribution is 0.301. The second-order valence-electron chi connectivity index (χ2n) is 7.95. The molecule has 1 aliphatic heterocycles. The fraction of sp³-hybridized carbons (Fsp3) is 0.182. The summed E-state index contributed by atoms with van der Waals surface area (Å²) in [6.07, 6.45) is 6.38. The van der Waals surface area contributed by atoms with Crippen molar-refractivity contribution in [1.29, 1.82) is 5.26 Å². The summed E-state index contributed by atoms with van der Waals surface area (Å²) in [4.78, 5) is 31.8. The lowest BCUT2D eigenvalue weighted by Gasteiger charge is -2.47. The molecule has 1 aliphatic rings. The molecule has 2 atom stereocenters. The molecule has 6 rings (SSSR count). The van der Waals surface area contributed by atoms with Crippen LogP contribution in [0.2, 0.25) is 5.02 Å². The number of nitriles is 1. The van der Waals surface area contributed by atoms with Gasteiger partial charge in [-0.3, -0.25) is 4.79 Å². The van der Waals surface area contributed by atoms with Gasteiger partial charge in [0.2, 0.25) is 0 Å². The van der Waals surface area contributed by atoms with E-state index in [-0.39, 0.29) is 50.0 Å². The molecule has 5 aromatic rings. The lowest BCUT2D eigenvalue weighted by atomic mass is 9.89. The predicted octanol–water partition coefficient (Wildman–Crippen LogP) is 3.10. The maximum absolute atomic E-state index is 13.6. The average Bonchev–Trinajstić information content (AvgIpc) is 3.41. The van der Waals surface area contributed by atoms with Gasteiger partial charge in [-0.25, -0.2) is 24.0 Å². The number of aromatic amines is 1. The summed E-state index contributed by atoms with van der Waals surface area (Å²) in [5, 5.41) is 15.3. The van der Waals surface area contributed by atoms with Crippen LogP contribution in [-0.4, -0.2) is 40.7 Å². The smallest absolute Gasteiger partial charge is 0.285 e. The van der Waals surface area contributed by atoms with Gasteiger partial charge in [0.25, 0.3) is 5.56 Å². The number of anilines is 1. The largest absolute Gasteiger partial charge is 0.345 e. The maximum atomic E-state index is 13.6. The first-order valence-corrected chi connectivity index (χ1v) is 10.7. The Kier molecular flexibility index (Phi) is 6.50. The number of pyridine rings is 1. The van der Waals surface area contributed by atoms with Gasteiger partial charge >= 0.3 is 0 Å². The molecule has 1 fully saturated rings. The number of H-pyrrole nitrogens is 1. The Morgan fingerprint density at radius 1 is 1.20 bits per heavy atom. The second-order valence-corrected chi connectivity index (χ2v) is 8.36. The monoisotopic (exact) mass is 525 g/mol. The third-order valence-corrected chi connectivity index (χ3v) is 6.31. The van der Waals surface area contributed by atoms with Crippen molar-refractivity contribution >= 4 is 61.0 Å². The highest BCUT2D eigenvalue weighted by atomic mass is 35.5. The SMILES string of the molecule is C[C@H]1CN(c2ncnc3[nH]cc(C#N)c23)[C@@H]1c1nn2ccc(Cl)c2c(=O)n1-c1ccccn1.S.S. The molecular weight excluding hydrogens is 506 g/mol. The van der Waals surface area contributed by atoms with Gasteiger partial charge in [-0.1, -0.05) is 24.6 Å². The number of aromatic nitrogens is 7. The summed E-state index contributed by atoms with van der Waals surface area (Å²) in [7, 11) is 0. The van der Waals surface area contributed by atoms with Gasteiger partial charge in [0.05, 0.1) is 22.0 Å². The summed E-state index contributed by atoms with van der Waals surface area (Å²) in [6, 6.07) is 8.92. The van der Waals surface area contributed by atoms with Gasteiger partial charge in [-0.05, 0) is 18.2 Å². The molecule has 0 aromatic carbocycles. The first kappa shape index (κ1) is 24.6. The highest BCUT2D eigenvalue weighted by Crippen LogP contribution is 2.43. The molecule has 35 heavy (non-hydrogen) atoms. The number of halogens is 1. The summed E-state index contributed by atoms with van der Waals surface area (Å²) < 4.78 is 3.02. The van der Waals surface area contributed by atoms with Crippen molar-refractivity contribution in [2.24, 2.45) is 5.92 Å².